The van der Waals surface area contributed by atoms with Crippen molar-refractivity contribution < 1.29 is 29.4 Å². The van der Waals surface area contributed by atoms with Crippen molar-refractivity contribution in [3.63, 3.8) is 0 Å². The van der Waals surface area contributed by atoms with E-state index in [0.717, 1.165) is 5.56 Å². The van der Waals surface area contributed by atoms with Crippen LogP contribution in [0.1, 0.15) is 25.0 Å². The molecular weight excluding hydrogens is 452 g/mol. The molecule has 0 saturated heterocycles. The maximum atomic E-state index is 12.7. The van der Waals surface area contributed by atoms with Crippen LogP contribution in [0.4, 0.5) is 0 Å². The first kappa shape index (κ1) is 27.3. The van der Waals surface area contributed by atoms with Crippen LogP contribution in [0, 0.1) is 5.92 Å². The molecule has 0 spiro atoms. The molecule has 0 aliphatic heterocycles. The van der Waals surface area contributed by atoms with Crippen molar-refractivity contribution in [1.82, 2.24) is 16.0 Å². The van der Waals surface area contributed by atoms with E-state index in [9.17, 15) is 29.4 Å². The Labute approximate surface area is 203 Å². The summed E-state index contributed by atoms with van der Waals surface area (Å²) in [5.41, 5.74) is 7.49. The molecule has 188 valence electrons. The molecule has 0 fully saturated rings. The average molecular weight is 485 g/mol. The molecule has 0 aromatic heterocycles. The van der Waals surface area contributed by atoms with Crippen LogP contribution >= 0.6 is 0 Å². The Balaban J connectivity index is 1.89. The Bertz CT molecular complexity index is 1010. The van der Waals surface area contributed by atoms with Crippen LogP contribution in [0.5, 0.6) is 5.75 Å². The van der Waals surface area contributed by atoms with Gasteiger partial charge in [0.2, 0.25) is 17.7 Å². The summed E-state index contributed by atoms with van der Waals surface area (Å²) < 4.78 is 0. The summed E-state index contributed by atoms with van der Waals surface area (Å²) in [4.78, 5) is 49.0. The first-order valence-electron chi connectivity index (χ1n) is 11.2. The maximum Gasteiger partial charge on any atom is 0.326 e. The number of nitrogens with one attached hydrogen (secondary N) is 3. The second kappa shape index (κ2) is 13.1. The number of carbonyl (C=O) groups is 4. The fourth-order valence-electron chi connectivity index (χ4n) is 3.35. The largest absolute Gasteiger partial charge is 0.508 e. The van der Waals surface area contributed by atoms with Crippen molar-refractivity contribution in [2.45, 2.75) is 44.8 Å². The molecule has 7 N–H and O–H groups in total. The highest BCUT2D eigenvalue weighted by atomic mass is 16.4. The van der Waals surface area contributed by atoms with E-state index in [1.54, 1.807) is 26.0 Å². The molecule has 0 heterocycles. The summed E-state index contributed by atoms with van der Waals surface area (Å²) in [5.74, 6) is -3.25. The van der Waals surface area contributed by atoms with Crippen LogP contribution in [0.25, 0.3) is 0 Å². The van der Waals surface area contributed by atoms with Gasteiger partial charge in [-0.25, -0.2) is 4.79 Å². The average Bonchev–Trinajstić information content (AvgIpc) is 2.82. The normalized spacial score (nSPS) is 13.4. The van der Waals surface area contributed by atoms with Gasteiger partial charge in [-0.15, -0.1) is 0 Å². The molecular formula is C25H32N4O6. The van der Waals surface area contributed by atoms with Gasteiger partial charge in [0.15, 0.2) is 0 Å². The first-order chi connectivity index (χ1) is 16.6. The topological polar surface area (TPSA) is 171 Å². The minimum Gasteiger partial charge on any atom is -0.508 e. The van der Waals surface area contributed by atoms with Gasteiger partial charge in [0.05, 0.1) is 12.6 Å². The number of carbonyl (C=O) groups excluding carboxylic acids is 3. The molecule has 10 nitrogen and oxygen atoms in total. The van der Waals surface area contributed by atoms with Crippen molar-refractivity contribution in [1.29, 1.82) is 0 Å². The molecule has 35 heavy (non-hydrogen) atoms. The zero-order valence-corrected chi connectivity index (χ0v) is 19.7. The molecule has 3 amide bonds. The summed E-state index contributed by atoms with van der Waals surface area (Å²) in [5, 5.41) is 26.2. The van der Waals surface area contributed by atoms with E-state index in [0.29, 0.717) is 12.0 Å². The van der Waals surface area contributed by atoms with Crippen LogP contribution in [0.3, 0.4) is 0 Å². The second-order valence-corrected chi connectivity index (χ2v) is 8.57. The third-order valence-electron chi connectivity index (χ3n) is 5.31. The Morgan fingerprint density at radius 2 is 1.46 bits per heavy atom. The summed E-state index contributed by atoms with van der Waals surface area (Å²) in [6.07, 6.45) is 0.304. The summed E-state index contributed by atoms with van der Waals surface area (Å²) >= 11 is 0. The van der Waals surface area contributed by atoms with Crippen molar-refractivity contribution in [2.75, 3.05) is 6.54 Å². The number of benzene rings is 2. The molecule has 0 bridgehead atoms. The SMILES string of the molecule is CC(C)C(NC(=O)C(N)Cc1ccccc1)C(=O)NCC(=O)NC(Cc1ccc(O)cc1)C(=O)O. The Morgan fingerprint density at radius 1 is 0.857 bits per heavy atom. The Morgan fingerprint density at radius 3 is 2.03 bits per heavy atom. The van der Waals surface area contributed by atoms with Crippen LogP contribution in [0.15, 0.2) is 54.6 Å². The predicted octanol–water partition coefficient (Wildman–Crippen LogP) is 0.331. The van der Waals surface area contributed by atoms with Crippen molar-refractivity contribution in [3.8, 4) is 5.75 Å². The fourth-order valence-corrected chi connectivity index (χ4v) is 3.35. The number of carboxylic acid groups (broad SMARTS) is 1. The monoisotopic (exact) mass is 484 g/mol. The van der Waals surface area contributed by atoms with Gasteiger partial charge in [-0.05, 0) is 35.6 Å². The number of hydrogen-bond acceptors (Lipinski definition) is 6. The number of rotatable bonds is 12. The van der Waals surface area contributed by atoms with Gasteiger partial charge in [0.1, 0.15) is 17.8 Å². The zero-order chi connectivity index (χ0) is 26.0. The summed E-state index contributed by atoms with van der Waals surface area (Å²) in [7, 11) is 0. The van der Waals surface area contributed by atoms with E-state index in [1.807, 2.05) is 30.3 Å². The van der Waals surface area contributed by atoms with Crippen molar-refractivity contribution in [2.24, 2.45) is 11.7 Å². The van der Waals surface area contributed by atoms with Crippen molar-refractivity contribution >= 4 is 23.7 Å². The molecule has 2 rings (SSSR count). The molecule has 3 atom stereocenters. The number of amides is 3. The van der Waals surface area contributed by atoms with Gasteiger partial charge >= 0.3 is 5.97 Å². The van der Waals surface area contributed by atoms with E-state index < -0.39 is 48.4 Å². The third kappa shape index (κ3) is 9.09. The van der Waals surface area contributed by atoms with Gasteiger partial charge in [-0.3, -0.25) is 14.4 Å². The number of carboxylic acids is 1. The van der Waals surface area contributed by atoms with Gasteiger partial charge in [-0.1, -0.05) is 56.3 Å². The molecule has 10 heteroatoms. The number of nitrogens with two attached hydrogens (primary N) is 1. The molecule has 0 radical (unpaired) electrons. The number of hydrogen-bond donors (Lipinski definition) is 6. The molecule has 3 unspecified atom stereocenters. The van der Waals surface area contributed by atoms with Crippen LogP contribution < -0.4 is 21.7 Å². The smallest absolute Gasteiger partial charge is 0.326 e. The summed E-state index contributed by atoms with van der Waals surface area (Å²) in [6.45, 7) is 3.02. The second-order valence-electron chi connectivity index (χ2n) is 8.57. The van der Waals surface area contributed by atoms with Crippen LogP contribution in [0.2, 0.25) is 0 Å². The number of phenolic OH excluding ortho intramolecular Hbond substituents is 1. The minimum atomic E-state index is -1.24. The van der Waals surface area contributed by atoms with Crippen LogP contribution in [-0.4, -0.2) is 58.6 Å². The minimum absolute atomic E-state index is 0.000715. The Hall–Kier alpha value is -3.92. The molecule has 0 aliphatic carbocycles. The number of aromatic hydroxyl groups is 1. The zero-order valence-electron chi connectivity index (χ0n) is 19.7. The van der Waals surface area contributed by atoms with Crippen LogP contribution in [-0.2, 0) is 32.0 Å². The maximum absolute atomic E-state index is 12.7. The van der Waals surface area contributed by atoms with E-state index in [1.165, 1.54) is 12.1 Å². The molecule has 0 aliphatic rings. The highest BCUT2D eigenvalue weighted by molar-refractivity contribution is 5.92. The third-order valence-corrected chi connectivity index (χ3v) is 5.31. The van der Waals surface area contributed by atoms with Gasteiger partial charge in [-0.2, -0.15) is 0 Å². The van der Waals surface area contributed by atoms with E-state index in [-0.39, 0.29) is 18.1 Å². The predicted molar refractivity (Wildman–Crippen MR) is 129 cm³/mol. The lowest BCUT2D eigenvalue weighted by atomic mass is 10.0. The van der Waals surface area contributed by atoms with E-state index in [2.05, 4.69) is 16.0 Å². The van der Waals surface area contributed by atoms with Gasteiger partial charge < -0.3 is 31.9 Å². The highest BCUT2D eigenvalue weighted by Gasteiger charge is 2.27. The lowest BCUT2D eigenvalue weighted by Crippen LogP contribution is -2.55. The number of aliphatic carboxylic acids is 1. The van der Waals surface area contributed by atoms with Gasteiger partial charge in [0.25, 0.3) is 0 Å². The summed E-state index contributed by atoms with van der Waals surface area (Å²) in [6, 6.07) is 12.2. The van der Waals surface area contributed by atoms with Gasteiger partial charge in [0, 0.05) is 6.42 Å². The van der Waals surface area contributed by atoms with E-state index >= 15 is 0 Å². The molecule has 2 aromatic carbocycles. The quantitative estimate of drug-likeness (QED) is 0.252. The molecule has 2 aromatic rings. The van der Waals surface area contributed by atoms with Crippen molar-refractivity contribution in [3.05, 3.63) is 65.7 Å². The Kier molecular flexibility index (Phi) is 10.2. The number of phenols is 1. The highest BCUT2D eigenvalue weighted by Crippen LogP contribution is 2.11. The first-order valence-corrected chi connectivity index (χ1v) is 11.2. The fraction of sp³-hybridized carbons (Fsp3) is 0.360. The lowest BCUT2D eigenvalue weighted by molar-refractivity contribution is -0.141. The standard InChI is InChI=1S/C25H32N4O6/c1-15(2)22(29-23(32)19(26)12-16-6-4-3-5-7-16)24(33)27-14-21(31)28-20(25(34)35)13-17-8-10-18(30)11-9-17/h3-11,15,19-20,22,30H,12-14,26H2,1-2H3,(H,27,33)(H,28,31)(H,29,32)(H,34,35). The van der Waals surface area contributed by atoms with E-state index in [4.69, 9.17) is 5.73 Å². The lowest BCUT2D eigenvalue weighted by Gasteiger charge is -2.23. The molecule has 0 saturated carbocycles.